The molecule has 0 spiro atoms. The van der Waals surface area contributed by atoms with Gasteiger partial charge in [-0.1, -0.05) is 15.9 Å². The van der Waals surface area contributed by atoms with E-state index in [-0.39, 0.29) is 25.0 Å². The maximum Gasteiger partial charge on any atom is 0.306 e. The number of ketones is 1. The number of hydrogen-bond donors (Lipinski definition) is 1. The molecule has 0 amide bonds. The lowest BCUT2D eigenvalue weighted by molar-refractivity contribution is -0.143. The highest BCUT2D eigenvalue weighted by molar-refractivity contribution is 9.09. The van der Waals surface area contributed by atoms with Crippen LogP contribution in [0.25, 0.3) is 0 Å². The van der Waals surface area contributed by atoms with Gasteiger partial charge in [0.15, 0.2) is 5.78 Å². The van der Waals surface area contributed by atoms with Gasteiger partial charge in [0, 0.05) is 10.9 Å². The first-order chi connectivity index (χ1) is 9.84. The second-order valence-electron chi connectivity index (χ2n) is 4.92. The topological polar surface area (TPSA) is 72.8 Å². The van der Waals surface area contributed by atoms with E-state index in [0.29, 0.717) is 23.1 Å². The Morgan fingerprint density at radius 2 is 1.81 bits per heavy atom. The van der Waals surface area contributed by atoms with E-state index in [9.17, 15) is 14.7 Å². The molecule has 0 aliphatic rings. The van der Waals surface area contributed by atoms with Gasteiger partial charge < -0.3 is 14.6 Å². The maximum atomic E-state index is 11.8. The summed E-state index contributed by atoms with van der Waals surface area (Å²) in [7, 11) is 0. The number of ether oxygens (including phenoxy) is 2. The van der Waals surface area contributed by atoms with E-state index >= 15 is 0 Å². The minimum absolute atomic E-state index is 0.177. The zero-order chi connectivity index (χ0) is 15.9. The Kier molecular flexibility index (Phi) is 6.84. The van der Waals surface area contributed by atoms with Crippen molar-refractivity contribution in [3.05, 3.63) is 29.8 Å². The summed E-state index contributed by atoms with van der Waals surface area (Å²) in [6.45, 7) is 3.31. The Hall–Kier alpha value is -1.40. The maximum absolute atomic E-state index is 11.8. The molecular weight excluding hydrogens is 340 g/mol. The third-order valence-electron chi connectivity index (χ3n) is 2.59. The fourth-order valence-corrected chi connectivity index (χ4v) is 1.84. The number of carbonyl (C=O) groups excluding carboxylic acids is 2. The van der Waals surface area contributed by atoms with Gasteiger partial charge in [-0.2, -0.15) is 0 Å². The molecule has 1 rings (SSSR count). The lowest BCUT2D eigenvalue weighted by Gasteiger charge is -2.15. The van der Waals surface area contributed by atoms with Gasteiger partial charge in [0.1, 0.15) is 24.6 Å². The molecule has 1 aromatic rings. The van der Waals surface area contributed by atoms with Crippen LogP contribution in [0.3, 0.4) is 0 Å². The summed E-state index contributed by atoms with van der Waals surface area (Å²) >= 11 is 3.15. The first-order valence-corrected chi connectivity index (χ1v) is 7.68. The van der Waals surface area contributed by atoms with Crippen molar-refractivity contribution in [3.8, 4) is 5.75 Å². The Morgan fingerprint density at radius 3 is 2.33 bits per heavy atom. The fourth-order valence-electron chi connectivity index (χ4n) is 1.52. The van der Waals surface area contributed by atoms with E-state index in [2.05, 4.69) is 15.9 Å². The number of Topliss-reactive ketones (excluding diaryl/α,β-unsaturated/α-hetero) is 1. The summed E-state index contributed by atoms with van der Waals surface area (Å²) in [5.74, 6) is -0.0572. The lowest BCUT2D eigenvalue weighted by atomic mass is 9.97. The van der Waals surface area contributed by atoms with E-state index in [1.807, 2.05) is 0 Å². The molecule has 0 radical (unpaired) electrons. The Bertz CT molecular complexity index is 476. The summed E-state index contributed by atoms with van der Waals surface area (Å²) in [6.07, 6.45) is 0.327. The summed E-state index contributed by atoms with van der Waals surface area (Å²) in [5.41, 5.74) is -0.981. The van der Waals surface area contributed by atoms with Crippen LogP contribution in [-0.2, 0) is 9.53 Å². The Morgan fingerprint density at radius 1 is 1.19 bits per heavy atom. The van der Waals surface area contributed by atoms with E-state index in [1.54, 1.807) is 24.3 Å². The normalized spacial score (nSPS) is 11.0. The predicted molar refractivity (Wildman–Crippen MR) is 81.9 cm³/mol. The van der Waals surface area contributed by atoms with Crippen LogP contribution < -0.4 is 4.74 Å². The van der Waals surface area contributed by atoms with E-state index < -0.39 is 5.60 Å². The lowest BCUT2D eigenvalue weighted by Crippen LogP contribution is -2.30. The molecule has 1 N–H and O–H groups in total. The Balaban J connectivity index is 2.42. The fraction of sp³-hybridized carbons (Fsp3) is 0.467. The first-order valence-electron chi connectivity index (χ1n) is 6.56. The molecule has 0 unspecified atom stereocenters. The van der Waals surface area contributed by atoms with Gasteiger partial charge in [-0.25, -0.2) is 0 Å². The van der Waals surface area contributed by atoms with Crippen LogP contribution in [0.15, 0.2) is 24.3 Å². The number of benzene rings is 1. The third-order valence-corrected chi connectivity index (χ3v) is 2.98. The van der Waals surface area contributed by atoms with E-state index in [0.717, 1.165) is 0 Å². The molecule has 0 bridgehead atoms. The first kappa shape index (κ1) is 17.7. The standard InChI is InChI=1S/C15H19BrO5/c1-15(2,19)14(18)11-3-5-12(6-4-11)20-9-10-21-13(17)7-8-16/h3-6,19H,7-10H2,1-2H3. The molecule has 0 atom stereocenters. The number of carbonyl (C=O) groups is 2. The second-order valence-corrected chi connectivity index (χ2v) is 5.71. The van der Waals surface area contributed by atoms with Crippen molar-refractivity contribution in [1.29, 1.82) is 0 Å². The minimum atomic E-state index is -1.40. The number of alkyl halides is 1. The van der Waals surface area contributed by atoms with Crippen LogP contribution in [0.2, 0.25) is 0 Å². The monoisotopic (exact) mass is 358 g/mol. The number of esters is 1. The van der Waals surface area contributed by atoms with E-state index in [4.69, 9.17) is 9.47 Å². The molecule has 0 aliphatic carbocycles. The number of halogens is 1. The molecule has 0 fully saturated rings. The van der Waals surface area contributed by atoms with Crippen molar-refractivity contribution < 1.29 is 24.2 Å². The van der Waals surface area contributed by atoms with Crippen molar-refractivity contribution in [2.45, 2.75) is 25.9 Å². The van der Waals surface area contributed by atoms with Crippen LogP contribution >= 0.6 is 15.9 Å². The minimum Gasteiger partial charge on any atom is -0.490 e. The van der Waals surface area contributed by atoms with Crippen molar-refractivity contribution >= 4 is 27.7 Å². The van der Waals surface area contributed by atoms with Crippen LogP contribution in [0.5, 0.6) is 5.75 Å². The molecule has 0 saturated heterocycles. The molecule has 116 valence electrons. The smallest absolute Gasteiger partial charge is 0.306 e. The zero-order valence-electron chi connectivity index (χ0n) is 12.1. The van der Waals surface area contributed by atoms with Crippen molar-refractivity contribution in [1.82, 2.24) is 0 Å². The summed E-state index contributed by atoms with van der Waals surface area (Å²) in [5, 5.41) is 10.2. The van der Waals surface area contributed by atoms with Crippen molar-refractivity contribution in [3.63, 3.8) is 0 Å². The van der Waals surface area contributed by atoms with E-state index in [1.165, 1.54) is 13.8 Å². The largest absolute Gasteiger partial charge is 0.490 e. The zero-order valence-corrected chi connectivity index (χ0v) is 13.7. The highest BCUT2D eigenvalue weighted by Crippen LogP contribution is 2.17. The average molecular weight is 359 g/mol. The highest BCUT2D eigenvalue weighted by atomic mass is 79.9. The van der Waals surface area contributed by atoms with Gasteiger partial charge in [-0.15, -0.1) is 0 Å². The molecule has 1 aromatic carbocycles. The second kappa shape index (κ2) is 8.14. The van der Waals surface area contributed by atoms with Gasteiger partial charge in [-0.05, 0) is 38.1 Å². The quantitative estimate of drug-likeness (QED) is 0.334. The average Bonchev–Trinajstić information content (AvgIpc) is 2.43. The molecule has 0 aliphatic heterocycles. The SMILES string of the molecule is CC(C)(O)C(=O)c1ccc(OCCOC(=O)CCBr)cc1. The molecular formula is C15H19BrO5. The number of rotatable bonds is 8. The van der Waals surface area contributed by atoms with Crippen LogP contribution in [-0.4, -0.2) is 41.0 Å². The van der Waals surface area contributed by atoms with Crippen LogP contribution in [0.1, 0.15) is 30.6 Å². The van der Waals surface area contributed by atoms with Gasteiger partial charge >= 0.3 is 5.97 Å². The molecule has 21 heavy (non-hydrogen) atoms. The highest BCUT2D eigenvalue weighted by Gasteiger charge is 2.24. The number of aliphatic hydroxyl groups is 1. The van der Waals surface area contributed by atoms with Crippen LogP contribution in [0, 0.1) is 0 Å². The number of hydrogen-bond acceptors (Lipinski definition) is 5. The van der Waals surface area contributed by atoms with Gasteiger partial charge in [0.25, 0.3) is 0 Å². The van der Waals surface area contributed by atoms with Gasteiger partial charge in [-0.3, -0.25) is 9.59 Å². The predicted octanol–water partition coefficient (Wildman–Crippen LogP) is 2.35. The molecule has 5 nitrogen and oxygen atoms in total. The third kappa shape index (κ3) is 6.27. The summed E-state index contributed by atoms with van der Waals surface area (Å²) in [6, 6.07) is 6.46. The molecule has 0 aromatic heterocycles. The van der Waals surface area contributed by atoms with Gasteiger partial charge in [0.2, 0.25) is 0 Å². The van der Waals surface area contributed by atoms with Crippen molar-refractivity contribution in [2.24, 2.45) is 0 Å². The Labute approximate surface area is 132 Å². The molecule has 0 saturated carbocycles. The van der Waals surface area contributed by atoms with Crippen LogP contribution in [0.4, 0.5) is 0 Å². The molecule has 0 heterocycles. The summed E-state index contributed by atoms with van der Waals surface area (Å²) in [4.78, 5) is 22.9. The van der Waals surface area contributed by atoms with Gasteiger partial charge in [0.05, 0.1) is 6.42 Å². The molecule has 6 heteroatoms. The summed E-state index contributed by atoms with van der Waals surface area (Å²) < 4.78 is 10.3. The van der Waals surface area contributed by atoms with Crippen molar-refractivity contribution in [2.75, 3.05) is 18.5 Å².